The molecular formula is C13H22N4O2S. The first kappa shape index (κ1) is 15.2. The van der Waals surface area contributed by atoms with Crippen LogP contribution in [-0.2, 0) is 22.1 Å². The maximum absolute atomic E-state index is 11.8. The van der Waals surface area contributed by atoms with Crippen molar-refractivity contribution < 1.29 is 9.00 Å². The molecular weight excluding hydrogens is 276 g/mol. The second-order valence-corrected chi connectivity index (χ2v) is 6.61. The molecule has 0 unspecified atom stereocenters. The van der Waals surface area contributed by atoms with E-state index < -0.39 is 10.8 Å². The van der Waals surface area contributed by atoms with Gasteiger partial charge in [-0.1, -0.05) is 32.1 Å². The highest BCUT2D eigenvalue weighted by Crippen LogP contribution is 2.25. The molecule has 1 fully saturated rings. The van der Waals surface area contributed by atoms with E-state index in [1.807, 2.05) is 0 Å². The van der Waals surface area contributed by atoms with Gasteiger partial charge in [0.25, 0.3) is 0 Å². The van der Waals surface area contributed by atoms with Crippen molar-refractivity contribution in [1.82, 2.24) is 20.1 Å². The van der Waals surface area contributed by atoms with Crippen LogP contribution in [0.2, 0.25) is 0 Å². The SMILES string of the molecule is C[S@@](=O)c1nncn1CC(=O)NCCC1CCCCC1. The van der Waals surface area contributed by atoms with E-state index in [1.54, 1.807) is 0 Å². The Kier molecular flexibility index (Phi) is 5.70. The molecule has 0 radical (unpaired) electrons. The summed E-state index contributed by atoms with van der Waals surface area (Å²) < 4.78 is 12.9. The normalized spacial score (nSPS) is 17.9. The summed E-state index contributed by atoms with van der Waals surface area (Å²) in [6, 6.07) is 0. The highest BCUT2D eigenvalue weighted by atomic mass is 32.2. The number of rotatable bonds is 6. The average Bonchev–Trinajstić information content (AvgIpc) is 2.88. The van der Waals surface area contributed by atoms with E-state index >= 15 is 0 Å². The summed E-state index contributed by atoms with van der Waals surface area (Å²) in [5.41, 5.74) is 0. The number of carbonyl (C=O) groups is 1. The monoisotopic (exact) mass is 298 g/mol. The molecule has 1 heterocycles. The fraction of sp³-hybridized carbons (Fsp3) is 0.769. The molecule has 1 N–H and O–H groups in total. The van der Waals surface area contributed by atoms with Crippen molar-refractivity contribution in [2.45, 2.75) is 50.2 Å². The Labute approximate surface area is 121 Å². The van der Waals surface area contributed by atoms with Crippen LogP contribution in [0.3, 0.4) is 0 Å². The Morgan fingerprint density at radius 3 is 2.90 bits per heavy atom. The number of carbonyl (C=O) groups excluding carboxylic acids is 1. The zero-order valence-electron chi connectivity index (χ0n) is 11.9. The molecule has 20 heavy (non-hydrogen) atoms. The van der Waals surface area contributed by atoms with Gasteiger partial charge in [-0.05, 0) is 12.3 Å². The highest BCUT2D eigenvalue weighted by Gasteiger charge is 2.14. The number of hydrogen-bond donors (Lipinski definition) is 1. The van der Waals surface area contributed by atoms with E-state index in [1.165, 1.54) is 49.3 Å². The molecule has 1 aliphatic rings. The van der Waals surface area contributed by atoms with Gasteiger partial charge in [0.05, 0.1) is 10.8 Å². The van der Waals surface area contributed by atoms with E-state index in [2.05, 4.69) is 15.5 Å². The lowest BCUT2D eigenvalue weighted by Crippen LogP contribution is -2.30. The first-order valence-corrected chi connectivity index (χ1v) is 8.70. The van der Waals surface area contributed by atoms with Crippen LogP contribution in [0.25, 0.3) is 0 Å². The molecule has 1 aromatic heterocycles. The van der Waals surface area contributed by atoms with Gasteiger partial charge in [0.1, 0.15) is 12.9 Å². The van der Waals surface area contributed by atoms with Gasteiger partial charge in [0.2, 0.25) is 11.1 Å². The molecule has 2 rings (SSSR count). The zero-order valence-corrected chi connectivity index (χ0v) is 12.7. The Morgan fingerprint density at radius 1 is 1.45 bits per heavy atom. The molecule has 1 saturated carbocycles. The van der Waals surface area contributed by atoms with Crippen molar-refractivity contribution in [3.63, 3.8) is 0 Å². The first-order chi connectivity index (χ1) is 9.66. The fourth-order valence-corrected chi connectivity index (χ4v) is 3.28. The quantitative estimate of drug-likeness (QED) is 0.853. The van der Waals surface area contributed by atoms with Gasteiger partial charge < -0.3 is 5.32 Å². The third-order valence-electron chi connectivity index (χ3n) is 3.75. The fourth-order valence-electron chi connectivity index (χ4n) is 2.68. The summed E-state index contributed by atoms with van der Waals surface area (Å²) in [5, 5.41) is 10.7. The largest absolute Gasteiger partial charge is 0.355 e. The van der Waals surface area contributed by atoms with E-state index in [4.69, 9.17) is 0 Å². The molecule has 1 amide bonds. The third-order valence-corrected chi connectivity index (χ3v) is 4.58. The van der Waals surface area contributed by atoms with Crippen molar-refractivity contribution in [1.29, 1.82) is 0 Å². The topological polar surface area (TPSA) is 76.9 Å². The maximum Gasteiger partial charge on any atom is 0.240 e. The minimum atomic E-state index is -1.23. The lowest BCUT2D eigenvalue weighted by atomic mass is 9.87. The average molecular weight is 298 g/mol. The predicted molar refractivity (Wildman–Crippen MR) is 76.6 cm³/mol. The molecule has 1 aliphatic carbocycles. The summed E-state index contributed by atoms with van der Waals surface area (Å²) in [7, 11) is -1.23. The smallest absolute Gasteiger partial charge is 0.240 e. The van der Waals surface area contributed by atoms with Crippen molar-refractivity contribution in [2.75, 3.05) is 12.8 Å². The minimum absolute atomic E-state index is 0.0766. The van der Waals surface area contributed by atoms with Crippen LogP contribution in [0.15, 0.2) is 11.5 Å². The van der Waals surface area contributed by atoms with Crippen LogP contribution in [0, 0.1) is 5.92 Å². The van der Waals surface area contributed by atoms with E-state index in [9.17, 15) is 9.00 Å². The van der Waals surface area contributed by atoms with Gasteiger partial charge in [0.15, 0.2) is 0 Å². The number of nitrogens with zero attached hydrogens (tertiary/aromatic N) is 3. The molecule has 0 saturated heterocycles. The lowest BCUT2D eigenvalue weighted by molar-refractivity contribution is -0.121. The summed E-state index contributed by atoms with van der Waals surface area (Å²) in [5.74, 6) is 0.685. The van der Waals surface area contributed by atoms with Crippen LogP contribution >= 0.6 is 0 Å². The predicted octanol–water partition coefficient (Wildman–Crippen LogP) is 1.10. The van der Waals surface area contributed by atoms with Crippen molar-refractivity contribution in [2.24, 2.45) is 5.92 Å². The number of nitrogens with one attached hydrogen (secondary N) is 1. The Morgan fingerprint density at radius 2 is 2.20 bits per heavy atom. The van der Waals surface area contributed by atoms with Gasteiger partial charge in [0, 0.05) is 12.8 Å². The first-order valence-electron chi connectivity index (χ1n) is 7.14. The van der Waals surface area contributed by atoms with E-state index in [0.29, 0.717) is 5.16 Å². The third kappa shape index (κ3) is 4.40. The van der Waals surface area contributed by atoms with E-state index in [0.717, 1.165) is 18.9 Å². The second kappa shape index (κ2) is 7.52. The van der Waals surface area contributed by atoms with Gasteiger partial charge in [-0.15, -0.1) is 10.2 Å². The number of aromatic nitrogens is 3. The lowest BCUT2D eigenvalue weighted by Gasteiger charge is -2.21. The molecule has 0 bridgehead atoms. The second-order valence-electron chi connectivity index (χ2n) is 5.34. The van der Waals surface area contributed by atoms with Gasteiger partial charge in [-0.2, -0.15) is 0 Å². The summed E-state index contributed by atoms with van der Waals surface area (Å²) in [6.45, 7) is 0.850. The minimum Gasteiger partial charge on any atom is -0.355 e. The summed E-state index contributed by atoms with van der Waals surface area (Å²) in [6.07, 6.45) is 10.6. The standard InChI is InChI=1S/C13H22N4O2S/c1-20(19)13-16-15-10-17(13)9-12(18)14-8-7-11-5-3-2-4-6-11/h10-11H,2-9H2,1H3,(H,14,18)/t20-/m1/s1. The Hall–Kier alpha value is -1.24. The van der Waals surface area contributed by atoms with Crippen LogP contribution in [-0.4, -0.2) is 37.7 Å². The van der Waals surface area contributed by atoms with Crippen LogP contribution in [0.1, 0.15) is 38.5 Å². The summed E-state index contributed by atoms with van der Waals surface area (Å²) >= 11 is 0. The molecule has 0 aliphatic heterocycles. The van der Waals surface area contributed by atoms with Crippen LogP contribution in [0.4, 0.5) is 0 Å². The van der Waals surface area contributed by atoms with Crippen molar-refractivity contribution >= 4 is 16.7 Å². The molecule has 6 nitrogen and oxygen atoms in total. The summed E-state index contributed by atoms with van der Waals surface area (Å²) in [4.78, 5) is 11.8. The maximum atomic E-state index is 11.8. The Balaban J connectivity index is 1.72. The molecule has 0 aromatic carbocycles. The number of amides is 1. The van der Waals surface area contributed by atoms with Gasteiger partial charge in [-0.25, -0.2) is 0 Å². The number of hydrogen-bond acceptors (Lipinski definition) is 4. The van der Waals surface area contributed by atoms with Crippen LogP contribution in [0.5, 0.6) is 0 Å². The van der Waals surface area contributed by atoms with Gasteiger partial charge in [-0.3, -0.25) is 13.6 Å². The van der Waals surface area contributed by atoms with Gasteiger partial charge >= 0.3 is 0 Å². The molecule has 112 valence electrons. The zero-order chi connectivity index (χ0) is 14.4. The van der Waals surface area contributed by atoms with Crippen molar-refractivity contribution in [3.8, 4) is 0 Å². The van der Waals surface area contributed by atoms with E-state index in [-0.39, 0.29) is 12.5 Å². The molecule has 7 heteroatoms. The molecule has 1 atom stereocenters. The van der Waals surface area contributed by atoms with Crippen molar-refractivity contribution in [3.05, 3.63) is 6.33 Å². The Bertz CT molecular complexity index is 469. The highest BCUT2D eigenvalue weighted by molar-refractivity contribution is 7.84. The molecule has 0 spiro atoms. The van der Waals surface area contributed by atoms with Crippen LogP contribution < -0.4 is 5.32 Å². The molecule has 1 aromatic rings.